The molecule has 0 spiro atoms. The predicted molar refractivity (Wildman–Crippen MR) is 62.7 cm³/mol. The molecule has 0 bridgehead atoms. The molecule has 0 saturated carbocycles. The van der Waals surface area contributed by atoms with Gasteiger partial charge in [0.1, 0.15) is 0 Å². The molecule has 0 radical (unpaired) electrons. The Hall–Kier alpha value is -1.42. The summed E-state index contributed by atoms with van der Waals surface area (Å²) < 4.78 is 1.03. The smallest absolute Gasteiger partial charge is 0.309 e. The van der Waals surface area contributed by atoms with Gasteiger partial charge in [0.2, 0.25) is 0 Å². The lowest BCUT2D eigenvalue weighted by molar-refractivity contribution is 1.03. The summed E-state index contributed by atoms with van der Waals surface area (Å²) in [6, 6.07) is 7.87. The van der Waals surface area contributed by atoms with Crippen molar-refractivity contribution in [3.63, 3.8) is 0 Å². The van der Waals surface area contributed by atoms with Crippen LogP contribution in [0.5, 0.6) is 0 Å². The topological polar surface area (TPSA) is 45.8 Å². The Morgan fingerprint density at radius 3 is 2.53 bits per heavy atom. The summed E-state index contributed by atoms with van der Waals surface area (Å²) in [5.74, 6) is 0. The Balaban J connectivity index is 2.54. The molecule has 0 atom stereocenters. The monoisotopic (exact) mass is 264 g/mol. The van der Waals surface area contributed by atoms with Gasteiger partial charge in [0.05, 0.1) is 0 Å². The zero-order valence-electron chi connectivity index (χ0n) is 8.12. The number of hydrogen-bond acceptors (Lipinski definition) is 2. The SMILES string of the molecule is Cc1[nH]c(=O)ncc1-c1ccc(Br)cc1. The van der Waals surface area contributed by atoms with Crippen molar-refractivity contribution in [2.75, 3.05) is 0 Å². The summed E-state index contributed by atoms with van der Waals surface area (Å²) in [6.07, 6.45) is 1.59. The first-order chi connectivity index (χ1) is 7.16. The number of nitrogens with one attached hydrogen (secondary N) is 1. The second-order valence-electron chi connectivity index (χ2n) is 3.23. The van der Waals surface area contributed by atoms with E-state index in [4.69, 9.17) is 0 Å². The third kappa shape index (κ3) is 2.15. The second-order valence-corrected chi connectivity index (χ2v) is 4.15. The predicted octanol–water partition coefficient (Wildman–Crippen LogP) is 2.51. The van der Waals surface area contributed by atoms with Crippen LogP contribution >= 0.6 is 15.9 Å². The van der Waals surface area contributed by atoms with Crippen LogP contribution in [0.15, 0.2) is 39.7 Å². The van der Waals surface area contributed by atoms with Crippen LogP contribution in [-0.2, 0) is 0 Å². The molecule has 0 aliphatic heterocycles. The standard InChI is InChI=1S/C11H9BrN2O/c1-7-10(6-13-11(15)14-7)8-2-4-9(12)5-3-8/h2-6H,1H3,(H,13,14,15). The summed E-state index contributed by atoms with van der Waals surface area (Å²) in [4.78, 5) is 17.3. The van der Waals surface area contributed by atoms with E-state index < -0.39 is 0 Å². The summed E-state index contributed by atoms with van der Waals surface area (Å²) in [7, 11) is 0. The van der Waals surface area contributed by atoms with Crippen molar-refractivity contribution < 1.29 is 0 Å². The van der Waals surface area contributed by atoms with Gasteiger partial charge in [0.15, 0.2) is 0 Å². The fourth-order valence-corrected chi connectivity index (χ4v) is 1.66. The highest BCUT2D eigenvalue weighted by Crippen LogP contribution is 2.22. The fourth-order valence-electron chi connectivity index (χ4n) is 1.40. The average molecular weight is 265 g/mol. The first-order valence-corrected chi connectivity index (χ1v) is 5.28. The Bertz CT molecular complexity index is 531. The highest BCUT2D eigenvalue weighted by molar-refractivity contribution is 9.10. The van der Waals surface area contributed by atoms with E-state index in [1.807, 2.05) is 31.2 Å². The number of aromatic amines is 1. The number of nitrogens with zero attached hydrogens (tertiary/aromatic N) is 1. The fraction of sp³-hybridized carbons (Fsp3) is 0.0909. The number of rotatable bonds is 1. The van der Waals surface area contributed by atoms with E-state index in [0.29, 0.717) is 0 Å². The van der Waals surface area contributed by atoms with Crippen LogP contribution in [0.1, 0.15) is 5.69 Å². The maximum Gasteiger partial charge on any atom is 0.345 e. The van der Waals surface area contributed by atoms with Crippen molar-refractivity contribution in [3.8, 4) is 11.1 Å². The number of aromatic nitrogens is 2. The Kier molecular flexibility index (Phi) is 2.68. The van der Waals surface area contributed by atoms with E-state index in [1.165, 1.54) is 0 Å². The van der Waals surface area contributed by atoms with Crippen molar-refractivity contribution in [1.29, 1.82) is 0 Å². The largest absolute Gasteiger partial charge is 0.345 e. The molecule has 0 amide bonds. The molecule has 3 nitrogen and oxygen atoms in total. The molecule has 0 saturated heterocycles. The van der Waals surface area contributed by atoms with Crippen molar-refractivity contribution in [2.24, 2.45) is 0 Å². The van der Waals surface area contributed by atoms with Gasteiger partial charge < -0.3 is 4.98 Å². The summed E-state index contributed by atoms with van der Waals surface area (Å²) in [6.45, 7) is 1.86. The molecule has 0 fully saturated rings. The molecule has 4 heteroatoms. The van der Waals surface area contributed by atoms with Crippen LogP contribution < -0.4 is 5.69 Å². The minimum absolute atomic E-state index is 0.312. The molecule has 76 valence electrons. The minimum atomic E-state index is -0.312. The molecular weight excluding hydrogens is 256 g/mol. The number of benzene rings is 1. The molecule has 1 N–H and O–H groups in total. The van der Waals surface area contributed by atoms with Crippen molar-refractivity contribution in [3.05, 3.63) is 51.1 Å². The van der Waals surface area contributed by atoms with Crippen LogP contribution in [0.2, 0.25) is 0 Å². The van der Waals surface area contributed by atoms with Gasteiger partial charge in [0.25, 0.3) is 0 Å². The zero-order chi connectivity index (χ0) is 10.8. The quantitative estimate of drug-likeness (QED) is 0.861. The molecule has 1 aromatic carbocycles. The molecular formula is C11H9BrN2O. The van der Waals surface area contributed by atoms with Crippen molar-refractivity contribution in [2.45, 2.75) is 6.92 Å². The number of aryl methyl sites for hydroxylation is 1. The summed E-state index contributed by atoms with van der Waals surface area (Å²) >= 11 is 3.37. The van der Waals surface area contributed by atoms with Gasteiger partial charge >= 0.3 is 5.69 Å². The highest BCUT2D eigenvalue weighted by atomic mass is 79.9. The second kappa shape index (κ2) is 3.98. The van der Waals surface area contributed by atoms with Crippen LogP contribution in [0, 0.1) is 6.92 Å². The molecule has 1 heterocycles. The van der Waals surface area contributed by atoms with E-state index in [0.717, 1.165) is 21.3 Å². The van der Waals surface area contributed by atoms with Gasteiger partial charge in [-0.2, -0.15) is 0 Å². The Morgan fingerprint density at radius 2 is 1.93 bits per heavy atom. The minimum Gasteiger partial charge on any atom is -0.309 e. The summed E-state index contributed by atoms with van der Waals surface area (Å²) in [5, 5.41) is 0. The van der Waals surface area contributed by atoms with E-state index in [-0.39, 0.29) is 5.69 Å². The van der Waals surface area contributed by atoms with Gasteiger partial charge in [-0.15, -0.1) is 0 Å². The highest BCUT2D eigenvalue weighted by Gasteiger charge is 2.02. The molecule has 2 rings (SSSR count). The molecule has 15 heavy (non-hydrogen) atoms. The van der Waals surface area contributed by atoms with Crippen LogP contribution in [0.25, 0.3) is 11.1 Å². The molecule has 1 aromatic heterocycles. The lowest BCUT2D eigenvalue weighted by atomic mass is 10.1. The van der Waals surface area contributed by atoms with E-state index >= 15 is 0 Å². The van der Waals surface area contributed by atoms with Crippen LogP contribution in [0.3, 0.4) is 0 Å². The maximum atomic E-state index is 11.0. The van der Waals surface area contributed by atoms with Crippen molar-refractivity contribution in [1.82, 2.24) is 9.97 Å². The van der Waals surface area contributed by atoms with Gasteiger partial charge in [-0.1, -0.05) is 28.1 Å². The van der Waals surface area contributed by atoms with E-state index in [1.54, 1.807) is 6.20 Å². The number of halogens is 1. The first kappa shape index (κ1) is 10.1. The molecule has 0 unspecified atom stereocenters. The lowest BCUT2D eigenvalue weighted by Gasteiger charge is -2.04. The van der Waals surface area contributed by atoms with E-state index in [2.05, 4.69) is 25.9 Å². The summed E-state index contributed by atoms with van der Waals surface area (Å²) in [5.41, 5.74) is 2.51. The first-order valence-electron chi connectivity index (χ1n) is 4.48. The van der Waals surface area contributed by atoms with Crippen LogP contribution in [0.4, 0.5) is 0 Å². The maximum absolute atomic E-state index is 11.0. The van der Waals surface area contributed by atoms with Crippen LogP contribution in [-0.4, -0.2) is 9.97 Å². The van der Waals surface area contributed by atoms with Gasteiger partial charge in [-0.05, 0) is 24.6 Å². The third-order valence-electron chi connectivity index (χ3n) is 2.16. The molecule has 0 aliphatic rings. The Morgan fingerprint density at radius 1 is 1.27 bits per heavy atom. The normalized spacial score (nSPS) is 10.3. The zero-order valence-corrected chi connectivity index (χ0v) is 9.71. The third-order valence-corrected chi connectivity index (χ3v) is 2.69. The molecule has 0 aliphatic carbocycles. The van der Waals surface area contributed by atoms with Crippen molar-refractivity contribution >= 4 is 15.9 Å². The lowest BCUT2D eigenvalue weighted by Crippen LogP contribution is -2.11. The van der Waals surface area contributed by atoms with Gasteiger partial charge in [-0.25, -0.2) is 9.78 Å². The van der Waals surface area contributed by atoms with E-state index in [9.17, 15) is 4.79 Å². The molecule has 2 aromatic rings. The number of hydrogen-bond donors (Lipinski definition) is 1. The van der Waals surface area contributed by atoms with Gasteiger partial charge in [-0.3, -0.25) is 0 Å². The number of H-pyrrole nitrogens is 1. The average Bonchev–Trinajstić information content (AvgIpc) is 2.20. The Labute approximate surface area is 95.3 Å². The van der Waals surface area contributed by atoms with Gasteiger partial charge in [0, 0.05) is 21.9 Å².